The van der Waals surface area contributed by atoms with Gasteiger partial charge in [-0.25, -0.2) is 0 Å². The highest BCUT2D eigenvalue weighted by Gasteiger charge is 2.37. The summed E-state index contributed by atoms with van der Waals surface area (Å²) in [5, 5.41) is 0.338. The van der Waals surface area contributed by atoms with E-state index in [0.717, 1.165) is 18.4 Å². The Balaban J connectivity index is 2.38. The van der Waals surface area contributed by atoms with Crippen LogP contribution in [0.4, 0.5) is 0 Å². The smallest absolute Gasteiger partial charge is 0.191 e. The Hall–Kier alpha value is 0.647. The molecule has 1 saturated carbocycles. The quantitative estimate of drug-likeness (QED) is 0.410. The van der Waals surface area contributed by atoms with Crippen molar-refractivity contribution in [2.75, 3.05) is 6.61 Å². The van der Waals surface area contributed by atoms with Gasteiger partial charge in [0.2, 0.25) is 0 Å². The molecule has 0 heterocycles. The highest BCUT2D eigenvalue weighted by Crippen LogP contribution is 2.38. The maximum Gasteiger partial charge on any atom is 0.191 e. The first-order valence-electron chi connectivity index (χ1n) is 7.58. The van der Waals surface area contributed by atoms with Crippen molar-refractivity contribution in [2.24, 2.45) is 11.8 Å². The molecule has 0 unspecified atom stereocenters. The summed E-state index contributed by atoms with van der Waals surface area (Å²) in [6, 6.07) is 0. The summed E-state index contributed by atoms with van der Waals surface area (Å²) in [6.07, 6.45) is 5.41. The molecule has 0 radical (unpaired) electrons. The van der Waals surface area contributed by atoms with Crippen LogP contribution in [0.15, 0.2) is 9.66 Å². The number of rotatable bonds is 4. The lowest BCUT2D eigenvalue weighted by Crippen LogP contribution is -2.42. The highest BCUT2D eigenvalue weighted by atomic mass is 127. The molecular weight excluding hydrogens is 363 g/mol. The lowest BCUT2D eigenvalue weighted by Gasteiger charge is -2.38. The molecule has 0 bridgehead atoms. The second kappa shape index (κ2) is 7.08. The van der Waals surface area contributed by atoms with Crippen LogP contribution in [0, 0.1) is 11.8 Å². The first-order valence-corrected chi connectivity index (χ1v) is 11.7. The van der Waals surface area contributed by atoms with E-state index in [9.17, 15) is 0 Å². The maximum absolute atomic E-state index is 6.38. The van der Waals surface area contributed by atoms with E-state index >= 15 is 0 Å². The number of hydrogen-bond donors (Lipinski definition) is 0. The van der Waals surface area contributed by atoms with E-state index in [2.05, 4.69) is 67.5 Å². The summed E-state index contributed by atoms with van der Waals surface area (Å²) >= 11 is 2.38. The van der Waals surface area contributed by atoms with Gasteiger partial charge in [0.25, 0.3) is 0 Å². The van der Waals surface area contributed by atoms with Crippen LogP contribution < -0.4 is 0 Å². The fourth-order valence-corrected chi connectivity index (χ4v) is 4.01. The average Bonchev–Trinajstić information content (AvgIpc) is 2.35. The zero-order chi connectivity index (χ0) is 14.7. The number of allylic oxidation sites excluding steroid dienone is 1. The normalized spacial score (nSPS) is 26.6. The fraction of sp³-hybridized carbons (Fsp3) is 0.875. The minimum atomic E-state index is -1.55. The minimum absolute atomic E-state index is 0.338. The lowest BCUT2D eigenvalue weighted by atomic mass is 9.79. The summed E-state index contributed by atoms with van der Waals surface area (Å²) in [6.45, 7) is 15.0. The van der Waals surface area contributed by atoms with Crippen LogP contribution in [0.1, 0.15) is 53.4 Å². The first-order chi connectivity index (χ1) is 8.67. The summed E-state index contributed by atoms with van der Waals surface area (Å²) in [7, 11) is -1.55. The van der Waals surface area contributed by atoms with Crippen molar-refractivity contribution >= 4 is 30.9 Å². The third-order valence-corrected chi connectivity index (χ3v) is 10.6. The van der Waals surface area contributed by atoms with Gasteiger partial charge in [-0.1, -0.05) is 48.9 Å². The van der Waals surface area contributed by atoms with Gasteiger partial charge >= 0.3 is 0 Å². The van der Waals surface area contributed by atoms with E-state index in [1.807, 2.05) is 0 Å². The Morgan fingerprint density at radius 2 is 1.74 bits per heavy atom. The van der Waals surface area contributed by atoms with E-state index in [1.54, 1.807) is 5.57 Å². The molecule has 1 aliphatic carbocycles. The standard InChI is InChI=1S/C16H31IOSi/c1-13(11-17)15-9-7-14(8-10-15)12-18-19(5,6)16(2,3)4/h11,14-15H,7-10,12H2,1-6H3/b13-11+. The van der Waals surface area contributed by atoms with Crippen LogP contribution in [0.3, 0.4) is 0 Å². The maximum atomic E-state index is 6.38. The molecule has 0 aromatic heterocycles. The van der Waals surface area contributed by atoms with Crippen LogP contribution >= 0.6 is 22.6 Å². The van der Waals surface area contributed by atoms with Crippen molar-refractivity contribution in [1.82, 2.24) is 0 Å². The van der Waals surface area contributed by atoms with Crippen molar-refractivity contribution < 1.29 is 4.43 Å². The predicted octanol–water partition coefficient (Wildman–Crippen LogP) is 6.15. The summed E-state index contributed by atoms with van der Waals surface area (Å²) in [5.41, 5.74) is 1.57. The van der Waals surface area contributed by atoms with E-state index in [-0.39, 0.29) is 0 Å². The molecule has 0 aliphatic heterocycles. The van der Waals surface area contributed by atoms with Gasteiger partial charge in [0.15, 0.2) is 8.32 Å². The molecular formula is C16H31IOSi. The van der Waals surface area contributed by atoms with Crippen molar-refractivity contribution in [3.63, 3.8) is 0 Å². The van der Waals surface area contributed by atoms with Crippen molar-refractivity contribution in [3.05, 3.63) is 9.66 Å². The van der Waals surface area contributed by atoms with Gasteiger partial charge in [0.05, 0.1) is 0 Å². The SMILES string of the molecule is C/C(=C\I)C1CCC(CO[Si](C)(C)C(C)(C)C)CC1. The Kier molecular flexibility index (Phi) is 6.59. The Morgan fingerprint density at radius 3 is 2.16 bits per heavy atom. The molecule has 0 N–H and O–H groups in total. The fourth-order valence-electron chi connectivity index (χ4n) is 2.42. The second-order valence-corrected chi connectivity index (χ2v) is 13.1. The molecule has 1 rings (SSSR count). The zero-order valence-electron chi connectivity index (χ0n) is 13.6. The molecule has 1 nitrogen and oxygen atoms in total. The van der Waals surface area contributed by atoms with Crippen LogP contribution in [-0.2, 0) is 4.43 Å². The van der Waals surface area contributed by atoms with E-state index in [0.29, 0.717) is 5.04 Å². The van der Waals surface area contributed by atoms with Crippen molar-refractivity contribution in [2.45, 2.75) is 71.5 Å². The van der Waals surface area contributed by atoms with Gasteiger partial charge in [-0.05, 0) is 66.7 Å². The predicted molar refractivity (Wildman–Crippen MR) is 96.4 cm³/mol. The molecule has 0 spiro atoms. The van der Waals surface area contributed by atoms with Gasteiger partial charge < -0.3 is 4.43 Å². The molecule has 0 atom stereocenters. The highest BCUT2D eigenvalue weighted by molar-refractivity contribution is 14.1. The molecule has 0 amide bonds. The third kappa shape index (κ3) is 5.16. The van der Waals surface area contributed by atoms with Gasteiger partial charge in [-0.15, -0.1) is 0 Å². The largest absolute Gasteiger partial charge is 0.417 e. The van der Waals surface area contributed by atoms with Crippen LogP contribution in [0.5, 0.6) is 0 Å². The Bertz CT molecular complexity index is 309. The summed E-state index contributed by atoms with van der Waals surface area (Å²) < 4.78 is 8.64. The molecule has 0 aromatic carbocycles. The Labute approximate surface area is 134 Å². The third-order valence-electron chi connectivity index (χ3n) is 5.15. The van der Waals surface area contributed by atoms with Gasteiger partial charge in [-0.2, -0.15) is 0 Å². The lowest BCUT2D eigenvalue weighted by molar-refractivity contribution is 0.179. The summed E-state index contributed by atoms with van der Waals surface area (Å²) in [4.78, 5) is 0. The summed E-state index contributed by atoms with van der Waals surface area (Å²) in [5.74, 6) is 1.63. The van der Waals surface area contributed by atoms with Crippen LogP contribution in [0.25, 0.3) is 0 Å². The molecule has 0 saturated heterocycles. The molecule has 3 heteroatoms. The molecule has 1 aliphatic rings. The first kappa shape index (κ1) is 17.7. The second-order valence-electron chi connectivity index (χ2n) is 7.64. The van der Waals surface area contributed by atoms with Gasteiger partial charge in [0, 0.05) is 6.61 Å². The van der Waals surface area contributed by atoms with Crippen LogP contribution in [-0.4, -0.2) is 14.9 Å². The molecule has 0 aromatic rings. The van der Waals surface area contributed by atoms with Crippen molar-refractivity contribution in [1.29, 1.82) is 0 Å². The van der Waals surface area contributed by atoms with E-state index in [4.69, 9.17) is 4.43 Å². The van der Waals surface area contributed by atoms with Gasteiger partial charge in [0.1, 0.15) is 0 Å². The average molecular weight is 394 g/mol. The molecule has 112 valence electrons. The van der Waals surface area contributed by atoms with Gasteiger partial charge in [-0.3, -0.25) is 0 Å². The van der Waals surface area contributed by atoms with Crippen LogP contribution in [0.2, 0.25) is 18.1 Å². The number of halogens is 1. The van der Waals surface area contributed by atoms with E-state index in [1.165, 1.54) is 25.7 Å². The Morgan fingerprint density at radius 1 is 1.21 bits per heavy atom. The molecule has 19 heavy (non-hydrogen) atoms. The number of hydrogen-bond acceptors (Lipinski definition) is 1. The topological polar surface area (TPSA) is 9.23 Å². The monoisotopic (exact) mass is 394 g/mol. The zero-order valence-corrected chi connectivity index (χ0v) is 16.7. The minimum Gasteiger partial charge on any atom is -0.417 e. The molecule has 1 fully saturated rings. The van der Waals surface area contributed by atoms with E-state index < -0.39 is 8.32 Å². The van der Waals surface area contributed by atoms with Crippen molar-refractivity contribution in [3.8, 4) is 0 Å².